The maximum atomic E-state index is 10.5. The van der Waals surface area contributed by atoms with Gasteiger partial charge in [0.05, 0.1) is 17.6 Å². The number of hydroxylamine groups is 4. The SMILES string of the molecule is CC1N(O)C(C(=O)[O-])N(O)C1(C)C.[K+]. The van der Waals surface area contributed by atoms with E-state index in [2.05, 4.69) is 0 Å². The largest absolute Gasteiger partial charge is 1.00 e. The van der Waals surface area contributed by atoms with E-state index in [4.69, 9.17) is 0 Å². The third-order valence-electron chi connectivity index (χ3n) is 2.70. The van der Waals surface area contributed by atoms with Crippen LogP contribution in [-0.2, 0) is 4.79 Å². The maximum Gasteiger partial charge on any atom is 1.00 e. The van der Waals surface area contributed by atoms with Gasteiger partial charge in [-0.15, -0.1) is 0 Å². The zero-order valence-corrected chi connectivity index (χ0v) is 11.9. The monoisotopic (exact) mass is 228 g/mol. The number of nitrogens with zero attached hydrogens (tertiary/aromatic N) is 2. The van der Waals surface area contributed by atoms with E-state index in [0.29, 0.717) is 10.1 Å². The van der Waals surface area contributed by atoms with Gasteiger partial charge >= 0.3 is 51.4 Å². The van der Waals surface area contributed by atoms with Crippen molar-refractivity contribution in [1.29, 1.82) is 0 Å². The fourth-order valence-corrected chi connectivity index (χ4v) is 1.36. The van der Waals surface area contributed by atoms with E-state index in [9.17, 15) is 20.3 Å². The summed E-state index contributed by atoms with van der Waals surface area (Å²) in [4.78, 5) is 10.5. The topological polar surface area (TPSA) is 87.1 Å². The fourth-order valence-electron chi connectivity index (χ4n) is 1.36. The molecule has 2 N–H and O–H groups in total. The molecule has 0 aliphatic carbocycles. The van der Waals surface area contributed by atoms with Crippen LogP contribution >= 0.6 is 0 Å². The number of aliphatic carboxylic acids is 1. The first kappa shape index (κ1) is 14.9. The number of rotatable bonds is 1. The Morgan fingerprint density at radius 1 is 1.43 bits per heavy atom. The Bertz CT molecular complexity index is 236. The van der Waals surface area contributed by atoms with Gasteiger partial charge in [-0.25, -0.2) is 0 Å². The molecule has 1 fully saturated rings. The summed E-state index contributed by atoms with van der Waals surface area (Å²) in [6.07, 6.45) is -1.50. The van der Waals surface area contributed by atoms with E-state index < -0.39 is 23.7 Å². The number of hydrogen-bond acceptors (Lipinski definition) is 6. The normalized spacial score (nSPS) is 32.6. The van der Waals surface area contributed by atoms with Crippen LogP contribution in [0.5, 0.6) is 0 Å². The minimum atomic E-state index is -1.53. The van der Waals surface area contributed by atoms with E-state index in [1.807, 2.05) is 0 Å². The number of carboxylic acids is 1. The van der Waals surface area contributed by atoms with E-state index in [0.717, 1.165) is 0 Å². The van der Waals surface area contributed by atoms with E-state index in [1.54, 1.807) is 20.8 Å². The average molecular weight is 228 g/mol. The molecule has 7 heteroatoms. The quantitative estimate of drug-likeness (QED) is 0.441. The Morgan fingerprint density at radius 2 is 1.86 bits per heavy atom. The van der Waals surface area contributed by atoms with Crippen molar-refractivity contribution in [3.8, 4) is 0 Å². The van der Waals surface area contributed by atoms with Crippen LogP contribution in [0.4, 0.5) is 0 Å². The van der Waals surface area contributed by atoms with Crippen LogP contribution in [-0.4, -0.2) is 44.3 Å². The third-order valence-corrected chi connectivity index (χ3v) is 2.70. The number of hydrogen-bond donors (Lipinski definition) is 2. The second-order valence-electron chi connectivity index (χ2n) is 3.75. The van der Waals surface area contributed by atoms with Crippen LogP contribution in [0.15, 0.2) is 0 Å². The van der Waals surface area contributed by atoms with Gasteiger partial charge in [-0.3, -0.25) is 0 Å². The Labute approximate surface area is 125 Å². The molecule has 0 amide bonds. The molecule has 6 nitrogen and oxygen atoms in total. The van der Waals surface area contributed by atoms with E-state index >= 15 is 0 Å². The molecule has 0 aromatic rings. The van der Waals surface area contributed by atoms with Crippen LogP contribution in [0.3, 0.4) is 0 Å². The van der Waals surface area contributed by atoms with E-state index in [-0.39, 0.29) is 51.4 Å². The summed E-state index contributed by atoms with van der Waals surface area (Å²) in [7, 11) is 0. The van der Waals surface area contributed by atoms with Crippen LogP contribution in [0.25, 0.3) is 0 Å². The Balaban J connectivity index is 0.00000169. The van der Waals surface area contributed by atoms with Gasteiger partial charge in [0.2, 0.25) is 0 Å². The van der Waals surface area contributed by atoms with Crippen molar-refractivity contribution in [2.75, 3.05) is 0 Å². The third kappa shape index (κ3) is 2.21. The Morgan fingerprint density at radius 3 is 2.00 bits per heavy atom. The zero-order valence-electron chi connectivity index (χ0n) is 8.76. The molecule has 0 spiro atoms. The van der Waals surface area contributed by atoms with Crippen molar-refractivity contribution in [2.45, 2.75) is 38.5 Å². The molecule has 2 atom stereocenters. The molecular weight excluding hydrogens is 215 g/mol. The minimum Gasteiger partial charge on any atom is -0.547 e. The molecule has 0 bridgehead atoms. The smallest absolute Gasteiger partial charge is 0.547 e. The van der Waals surface area contributed by atoms with Gasteiger partial charge < -0.3 is 20.3 Å². The summed E-state index contributed by atoms with van der Waals surface area (Å²) in [5, 5.41) is 30.5. The Kier molecular flexibility index (Phi) is 5.18. The molecule has 2 unspecified atom stereocenters. The molecule has 1 rings (SSSR count). The van der Waals surface area contributed by atoms with Gasteiger partial charge in [-0.1, -0.05) is 0 Å². The molecule has 1 aliphatic rings. The van der Waals surface area contributed by atoms with Crippen molar-refractivity contribution < 1.29 is 71.7 Å². The summed E-state index contributed by atoms with van der Waals surface area (Å²) in [6.45, 7) is 4.87. The molecular formula is C7H13KN2O4. The molecule has 1 heterocycles. The predicted octanol–water partition coefficient (Wildman–Crippen LogP) is -4.37. The number of carbonyl (C=O) groups excluding carboxylic acids is 1. The molecule has 0 aromatic heterocycles. The minimum absolute atomic E-state index is 0. The van der Waals surface area contributed by atoms with Crippen molar-refractivity contribution >= 4 is 5.97 Å². The first-order valence-electron chi connectivity index (χ1n) is 3.96. The van der Waals surface area contributed by atoms with Gasteiger partial charge in [-0.2, -0.15) is 10.1 Å². The Hall–Kier alpha value is 0.946. The summed E-state index contributed by atoms with van der Waals surface area (Å²) in [6, 6.07) is -0.486. The van der Waals surface area contributed by atoms with Crippen molar-refractivity contribution in [3.63, 3.8) is 0 Å². The van der Waals surface area contributed by atoms with Gasteiger partial charge in [0.1, 0.15) is 0 Å². The standard InChI is InChI=1S/C7H14N2O4.K/c1-4-7(2,3)9(13)5(6(10)11)8(4)12;/h4-5,12-13H,1-3H3,(H,10,11);/q;+1/p-1. The van der Waals surface area contributed by atoms with Crippen LogP contribution in [0.2, 0.25) is 0 Å². The molecule has 0 saturated carbocycles. The van der Waals surface area contributed by atoms with Crippen LogP contribution < -0.4 is 56.5 Å². The van der Waals surface area contributed by atoms with Crippen molar-refractivity contribution in [3.05, 3.63) is 0 Å². The van der Waals surface area contributed by atoms with Gasteiger partial charge in [0, 0.05) is 0 Å². The van der Waals surface area contributed by atoms with Crippen molar-refractivity contribution in [1.82, 2.24) is 10.1 Å². The second kappa shape index (κ2) is 4.85. The average Bonchev–Trinajstić information content (AvgIpc) is 2.14. The molecule has 14 heavy (non-hydrogen) atoms. The number of carbonyl (C=O) groups is 1. The van der Waals surface area contributed by atoms with Crippen LogP contribution in [0, 0.1) is 0 Å². The second-order valence-corrected chi connectivity index (χ2v) is 3.75. The van der Waals surface area contributed by atoms with Gasteiger partial charge in [0.15, 0.2) is 6.17 Å². The van der Waals surface area contributed by atoms with Crippen molar-refractivity contribution in [2.24, 2.45) is 0 Å². The first-order valence-corrected chi connectivity index (χ1v) is 3.96. The molecule has 1 aliphatic heterocycles. The summed E-state index contributed by atoms with van der Waals surface area (Å²) in [5.41, 5.74) is -0.820. The summed E-state index contributed by atoms with van der Waals surface area (Å²) >= 11 is 0. The summed E-state index contributed by atoms with van der Waals surface area (Å²) in [5.74, 6) is -1.53. The molecule has 0 aromatic carbocycles. The van der Waals surface area contributed by atoms with Gasteiger partial charge in [0.25, 0.3) is 0 Å². The summed E-state index contributed by atoms with van der Waals surface area (Å²) < 4.78 is 0. The first-order chi connectivity index (χ1) is 5.80. The maximum absolute atomic E-state index is 10.5. The van der Waals surface area contributed by atoms with E-state index in [1.165, 1.54) is 0 Å². The molecule has 76 valence electrons. The van der Waals surface area contributed by atoms with Crippen LogP contribution in [0.1, 0.15) is 20.8 Å². The van der Waals surface area contributed by atoms with Gasteiger partial charge in [-0.05, 0) is 20.8 Å². The fraction of sp³-hybridized carbons (Fsp3) is 0.857. The molecule has 0 radical (unpaired) electrons. The zero-order chi connectivity index (χ0) is 10.4. The molecule has 1 saturated heterocycles. The number of carboxylic acid groups (broad SMARTS) is 1. The predicted molar refractivity (Wildman–Crippen MR) is 39.6 cm³/mol.